The highest BCUT2D eigenvalue weighted by Gasteiger charge is 2.48. The summed E-state index contributed by atoms with van der Waals surface area (Å²) >= 11 is 0. The first-order valence-corrected chi connectivity index (χ1v) is 7.26. The van der Waals surface area contributed by atoms with Gasteiger partial charge < -0.3 is 4.18 Å². The predicted molar refractivity (Wildman–Crippen MR) is 72.7 cm³/mol. The van der Waals surface area contributed by atoms with Crippen LogP contribution in [0.1, 0.15) is 0 Å². The van der Waals surface area contributed by atoms with Crippen molar-refractivity contribution in [3.05, 3.63) is 54.6 Å². The lowest BCUT2D eigenvalue weighted by atomic mass is 10.3. The molecule has 0 aliphatic carbocycles. The Morgan fingerprint density at radius 1 is 0.818 bits per heavy atom. The van der Waals surface area contributed by atoms with Crippen molar-refractivity contribution in [1.29, 1.82) is 0 Å². The number of halogens is 3. The number of rotatable bonds is 4. The highest BCUT2D eigenvalue weighted by molar-refractivity contribution is 7.87. The van der Waals surface area contributed by atoms with Crippen molar-refractivity contribution < 1.29 is 25.8 Å². The molecule has 0 atom stereocenters. The molecule has 0 amide bonds. The Morgan fingerprint density at radius 2 is 1.32 bits per heavy atom. The molecule has 0 saturated carbocycles. The van der Waals surface area contributed by atoms with E-state index in [9.17, 15) is 21.6 Å². The predicted octanol–water partition coefficient (Wildman–Crippen LogP) is 4.33. The molecule has 0 spiro atoms. The largest absolute Gasteiger partial charge is 0.534 e. The van der Waals surface area contributed by atoms with Crippen LogP contribution in [0, 0.1) is 0 Å². The van der Waals surface area contributed by atoms with E-state index in [0.717, 1.165) is 12.1 Å². The first-order valence-electron chi connectivity index (χ1n) is 5.85. The van der Waals surface area contributed by atoms with Crippen molar-refractivity contribution in [2.24, 2.45) is 10.2 Å². The van der Waals surface area contributed by atoms with E-state index >= 15 is 0 Å². The summed E-state index contributed by atoms with van der Waals surface area (Å²) in [6.07, 6.45) is 0. The van der Waals surface area contributed by atoms with Crippen LogP contribution in [0.2, 0.25) is 0 Å². The minimum absolute atomic E-state index is 0.334. The summed E-state index contributed by atoms with van der Waals surface area (Å²) in [6, 6.07) is 13.5. The van der Waals surface area contributed by atoms with Gasteiger partial charge in [0, 0.05) is 0 Å². The smallest absolute Gasteiger partial charge is 0.376 e. The van der Waals surface area contributed by atoms with Crippen LogP contribution in [0.3, 0.4) is 0 Å². The summed E-state index contributed by atoms with van der Waals surface area (Å²) < 4.78 is 62.1. The summed E-state index contributed by atoms with van der Waals surface area (Å²) in [5.74, 6) is -0.462. The van der Waals surface area contributed by atoms with Gasteiger partial charge in [0.05, 0.1) is 11.4 Å². The molecule has 2 rings (SSSR count). The fourth-order valence-corrected chi connectivity index (χ4v) is 1.81. The van der Waals surface area contributed by atoms with E-state index in [1.165, 1.54) is 12.1 Å². The molecule has 0 radical (unpaired) electrons. The van der Waals surface area contributed by atoms with E-state index in [-0.39, 0.29) is 0 Å². The topological polar surface area (TPSA) is 68.1 Å². The maximum Gasteiger partial charge on any atom is 0.534 e. The normalized spacial score (nSPS) is 12.5. The van der Waals surface area contributed by atoms with Gasteiger partial charge in [-0.25, -0.2) is 0 Å². The number of azo groups is 1. The second-order valence-electron chi connectivity index (χ2n) is 4.01. The molecule has 0 aliphatic heterocycles. The average molecular weight is 330 g/mol. The molecular formula is C13H9F3N2O3S. The molecule has 0 unspecified atom stereocenters. The van der Waals surface area contributed by atoms with E-state index in [2.05, 4.69) is 14.4 Å². The van der Waals surface area contributed by atoms with Gasteiger partial charge in [0.25, 0.3) is 0 Å². The molecule has 0 heterocycles. The van der Waals surface area contributed by atoms with Crippen molar-refractivity contribution in [3.8, 4) is 5.75 Å². The number of hydrogen-bond donors (Lipinski definition) is 0. The van der Waals surface area contributed by atoms with Gasteiger partial charge >= 0.3 is 15.6 Å². The third kappa shape index (κ3) is 4.04. The van der Waals surface area contributed by atoms with Crippen molar-refractivity contribution >= 4 is 21.5 Å². The molecule has 0 N–H and O–H groups in total. The van der Waals surface area contributed by atoms with Crippen LogP contribution in [-0.4, -0.2) is 13.9 Å². The highest BCUT2D eigenvalue weighted by Crippen LogP contribution is 2.28. The van der Waals surface area contributed by atoms with Crippen LogP contribution < -0.4 is 4.18 Å². The molecule has 9 heteroatoms. The Bertz CT molecular complexity index is 757. The van der Waals surface area contributed by atoms with Crippen molar-refractivity contribution in [2.75, 3.05) is 0 Å². The van der Waals surface area contributed by atoms with Crippen molar-refractivity contribution in [3.63, 3.8) is 0 Å². The molecule has 2 aromatic carbocycles. The molecule has 22 heavy (non-hydrogen) atoms. The summed E-state index contributed by atoms with van der Waals surface area (Å²) in [6.45, 7) is 0. The van der Waals surface area contributed by atoms with E-state index in [4.69, 9.17) is 0 Å². The third-order valence-corrected chi connectivity index (χ3v) is 3.34. The fourth-order valence-electron chi connectivity index (χ4n) is 1.35. The van der Waals surface area contributed by atoms with Crippen LogP contribution in [0.4, 0.5) is 24.5 Å². The standard InChI is InChI=1S/C13H9F3N2O3S/c14-13(15,16)22(19,20)21-12-8-6-11(7-9-12)18-17-10-4-2-1-3-5-10/h1-9H. The zero-order chi connectivity index (χ0) is 16.2. The van der Waals surface area contributed by atoms with Crippen LogP contribution in [0.25, 0.3) is 0 Å². The average Bonchev–Trinajstić information content (AvgIpc) is 2.46. The minimum atomic E-state index is -5.67. The molecule has 116 valence electrons. The summed E-state index contributed by atoms with van der Waals surface area (Å²) in [5.41, 5.74) is -4.54. The molecule has 2 aromatic rings. The lowest BCUT2D eigenvalue weighted by Crippen LogP contribution is -2.27. The maximum atomic E-state index is 12.2. The molecule has 0 aromatic heterocycles. The quantitative estimate of drug-likeness (QED) is 0.476. The number of benzene rings is 2. The van der Waals surface area contributed by atoms with Crippen LogP contribution in [-0.2, 0) is 10.1 Å². The lowest BCUT2D eigenvalue weighted by molar-refractivity contribution is -0.0500. The maximum absolute atomic E-state index is 12.2. The first kappa shape index (κ1) is 16.0. The lowest BCUT2D eigenvalue weighted by Gasteiger charge is -2.09. The zero-order valence-electron chi connectivity index (χ0n) is 10.9. The van der Waals surface area contributed by atoms with Crippen LogP contribution >= 0.6 is 0 Å². The van der Waals surface area contributed by atoms with Gasteiger partial charge in [0.2, 0.25) is 0 Å². The number of alkyl halides is 3. The first-order chi connectivity index (χ1) is 10.3. The minimum Gasteiger partial charge on any atom is -0.376 e. The summed E-state index contributed by atoms with van der Waals surface area (Å²) in [5, 5.41) is 7.77. The summed E-state index contributed by atoms with van der Waals surface area (Å²) in [4.78, 5) is 0. The van der Waals surface area contributed by atoms with Crippen LogP contribution in [0.5, 0.6) is 5.75 Å². The second-order valence-corrected chi connectivity index (χ2v) is 5.55. The molecule has 0 aliphatic rings. The Balaban J connectivity index is 2.10. The number of nitrogens with zero attached hydrogens (tertiary/aromatic N) is 2. The van der Waals surface area contributed by atoms with Gasteiger partial charge in [-0.1, -0.05) is 18.2 Å². The molecule has 0 saturated heterocycles. The van der Waals surface area contributed by atoms with E-state index < -0.39 is 21.4 Å². The van der Waals surface area contributed by atoms with Crippen molar-refractivity contribution in [1.82, 2.24) is 0 Å². The molecule has 0 bridgehead atoms. The van der Waals surface area contributed by atoms with Gasteiger partial charge in [-0.15, -0.1) is 0 Å². The Kier molecular flexibility index (Phi) is 4.45. The highest BCUT2D eigenvalue weighted by atomic mass is 32.2. The van der Waals surface area contributed by atoms with E-state index in [0.29, 0.717) is 11.4 Å². The monoisotopic (exact) mass is 330 g/mol. The van der Waals surface area contributed by atoms with E-state index in [1.807, 2.05) is 6.07 Å². The Labute approximate surface area is 124 Å². The molecule has 5 nitrogen and oxygen atoms in total. The number of hydrogen-bond acceptors (Lipinski definition) is 5. The zero-order valence-corrected chi connectivity index (χ0v) is 11.7. The fraction of sp³-hybridized carbons (Fsp3) is 0.0769. The van der Waals surface area contributed by atoms with Crippen LogP contribution in [0.15, 0.2) is 64.8 Å². The van der Waals surface area contributed by atoms with Crippen molar-refractivity contribution in [2.45, 2.75) is 5.51 Å². The summed E-state index contributed by atoms with van der Waals surface area (Å²) in [7, 11) is -5.67. The SMILES string of the molecule is O=S(=O)(Oc1ccc(N=Nc2ccccc2)cc1)C(F)(F)F. The molecular weight excluding hydrogens is 321 g/mol. The Hall–Kier alpha value is -2.42. The van der Waals surface area contributed by atoms with Gasteiger partial charge in [0.15, 0.2) is 0 Å². The van der Waals surface area contributed by atoms with E-state index in [1.54, 1.807) is 24.3 Å². The molecule has 0 fully saturated rings. The van der Waals surface area contributed by atoms with Gasteiger partial charge in [-0.2, -0.15) is 31.8 Å². The third-order valence-electron chi connectivity index (χ3n) is 2.36. The van der Waals surface area contributed by atoms with Gasteiger partial charge in [-0.05, 0) is 36.4 Å². The van der Waals surface area contributed by atoms with Gasteiger partial charge in [0.1, 0.15) is 5.75 Å². The Morgan fingerprint density at radius 3 is 1.82 bits per heavy atom. The second kappa shape index (κ2) is 6.14. The van der Waals surface area contributed by atoms with Gasteiger partial charge in [-0.3, -0.25) is 0 Å².